The number of carbonyl (C=O) groups is 1. The van der Waals surface area contributed by atoms with Crippen molar-refractivity contribution in [2.45, 2.75) is 20.8 Å². The molecule has 0 fully saturated rings. The van der Waals surface area contributed by atoms with Gasteiger partial charge in [0.15, 0.2) is 0 Å². The first-order valence-corrected chi connectivity index (χ1v) is 7.65. The first-order valence-electron chi connectivity index (χ1n) is 6.85. The van der Waals surface area contributed by atoms with Crippen LogP contribution >= 0.6 is 15.9 Å². The summed E-state index contributed by atoms with van der Waals surface area (Å²) in [5.74, 6) is 0.572. The number of hydrogen-bond donors (Lipinski definition) is 1. The Balaban J connectivity index is 2.11. The third-order valence-electron chi connectivity index (χ3n) is 3.43. The molecule has 1 N–H and O–H groups in total. The molecule has 0 aliphatic rings. The van der Waals surface area contributed by atoms with Crippen molar-refractivity contribution in [2.75, 3.05) is 5.32 Å². The third kappa shape index (κ3) is 2.62. The van der Waals surface area contributed by atoms with E-state index in [9.17, 15) is 4.79 Å². The number of rotatable bonds is 2. The van der Waals surface area contributed by atoms with E-state index < -0.39 is 0 Å². The van der Waals surface area contributed by atoms with Gasteiger partial charge in [0.1, 0.15) is 0 Å². The van der Waals surface area contributed by atoms with Crippen LogP contribution in [-0.2, 0) is 4.79 Å². The third-order valence-corrected chi connectivity index (χ3v) is 4.58. The Morgan fingerprint density at radius 2 is 2.05 bits per heavy atom. The smallest absolute Gasteiger partial charge is 0.234 e. The molecule has 0 aliphatic carbocycles. The van der Waals surface area contributed by atoms with E-state index in [4.69, 9.17) is 0 Å². The van der Waals surface area contributed by atoms with Gasteiger partial charge in [-0.1, -0.05) is 12.1 Å². The summed E-state index contributed by atoms with van der Waals surface area (Å²) in [7, 11) is 0. The number of amides is 1. The lowest BCUT2D eigenvalue weighted by Gasteiger charge is -2.04. The van der Waals surface area contributed by atoms with Gasteiger partial charge in [-0.25, -0.2) is 9.97 Å². The van der Waals surface area contributed by atoms with Crippen molar-refractivity contribution in [1.82, 2.24) is 14.4 Å². The minimum atomic E-state index is -0.0933. The monoisotopic (exact) mass is 358 g/mol. The number of aryl methyl sites for hydroxylation is 2. The number of benzene rings is 1. The molecule has 0 aliphatic heterocycles. The van der Waals surface area contributed by atoms with E-state index in [1.165, 1.54) is 6.92 Å². The Hall–Kier alpha value is -2.21. The number of fused-ring (bicyclic) bond motifs is 1. The molecule has 0 saturated heterocycles. The van der Waals surface area contributed by atoms with Crippen molar-refractivity contribution in [3.8, 4) is 11.3 Å². The van der Waals surface area contributed by atoms with E-state index in [1.807, 2.05) is 48.7 Å². The van der Waals surface area contributed by atoms with E-state index >= 15 is 0 Å². The second-order valence-corrected chi connectivity index (χ2v) is 5.95. The largest absolute Gasteiger partial charge is 0.326 e. The average Bonchev–Trinajstić information content (AvgIpc) is 2.88. The number of nitrogens with zero attached hydrogens (tertiary/aromatic N) is 3. The highest BCUT2D eigenvalue weighted by Crippen LogP contribution is 2.25. The number of aromatic nitrogens is 3. The van der Waals surface area contributed by atoms with Crippen LogP contribution in [0, 0.1) is 13.8 Å². The molecule has 0 saturated carbocycles. The van der Waals surface area contributed by atoms with Gasteiger partial charge < -0.3 is 5.32 Å². The first-order chi connectivity index (χ1) is 10.5. The van der Waals surface area contributed by atoms with Crippen molar-refractivity contribution in [2.24, 2.45) is 0 Å². The predicted molar refractivity (Wildman–Crippen MR) is 89.9 cm³/mol. The molecule has 112 valence electrons. The Morgan fingerprint density at radius 1 is 1.27 bits per heavy atom. The SMILES string of the molecule is CC(=O)Nc1cccc(-c2cn3c(C)c(Br)c(C)nc3n2)c1. The molecule has 6 heteroatoms. The van der Waals surface area contributed by atoms with Gasteiger partial charge in [0.2, 0.25) is 11.7 Å². The highest BCUT2D eigenvalue weighted by Gasteiger charge is 2.11. The molecule has 1 amide bonds. The fraction of sp³-hybridized carbons (Fsp3) is 0.188. The molecule has 0 bridgehead atoms. The summed E-state index contributed by atoms with van der Waals surface area (Å²) < 4.78 is 2.94. The Bertz CT molecular complexity index is 885. The average molecular weight is 359 g/mol. The van der Waals surface area contributed by atoms with Gasteiger partial charge in [-0.2, -0.15) is 0 Å². The summed E-state index contributed by atoms with van der Waals surface area (Å²) in [5.41, 5.74) is 4.47. The van der Waals surface area contributed by atoms with Gasteiger partial charge in [0.05, 0.1) is 15.9 Å². The summed E-state index contributed by atoms with van der Waals surface area (Å²) in [5, 5.41) is 2.78. The number of halogens is 1. The van der Waals surface area contributed by atoms with Gasteiger partial charge in [-0.15, -0.1) is 0 Å². The van der Waals surface area contributed by atoms with E-state index in [1.54, 1.807) is 0 Å². The van der Waals surface area contributed by atoms with E-state index in [0.29, 0.717) is 5.78 Å². The van der Waals surface area contributed by atoms with Crippen LogP contribution in [0.25, 0.3) is 17.0 Å². The molecule has 0 radical (unpaired) electrons. The molecule has 22 heavy (non-hydrogen) atoms. The lowest BCUT2D eigenvalue weighted by molar-refractivity contribution is -0.114. The summed E-state index contributed by atoms with van der Waals surface area (Å²) >= 11 is 3.55. The van der Waals surface area contributed by atoms with Crippen molar-refractivity contribution in [3.63, 3.8) is 0 Å². The van der Waals surface area contributed by atoms with Crippen LogP contribution in [0.1, 0.15) is 18.3 Å². The van der Waals surface area contributed by atoms with Crippen molar-refractivity contribution >= 4 is 33.3 Å². The van der Waals surface area contributed by atoms with Crippen LogP contribution in [0.3, 0.4) is 0 Å². The van der Waals surface area contributed by atoms with Gasteiger partial charge >= 0.3 is 0 Å². The van der Waals surface area contributed by atoms with Crippen LogP contribution in [0.5, 0.6) is 0 Å². The van der Waals surface area contributed by atoms with E-state index in [-0.39, 0.29) is 5.91 Å². The zero-order valence-corrected chi connectivity index (χ0v) is 14.1. The molecule has 0 spiro atoms. The molecule has 3 rings (SSSR count). The standard InChI is InChI=1S/C16H15BrN4O/c1-9-15(17)10(2)21-8-14(20-16(21)18-9)12-5-4-6-13(7-12)19-11(3)22/h4-8H,1-3H3,(H,19,22). The molecule has 0 atom stereocenters. The zero-order valence-electron chi connectivity index (χ0n) is 12.5. The van der Waals surface area contributed by atoms with Gasteiger partial charge in [-0.3, -0.25) is 9.20 Å². The summed E-state index contributed by atoms with van der Waals surface area (Å²) in [4.78, 5) is 20.2. The summed E-state index contributed by atoms with van der Waals surface area (Å²) in [6.07, 6.45) is 1.95. The number of hydrogen-bond acceptors (Lipinski definition) is 3. The van der Waals surface area contributed by atoms with Crippen molar-refractivity contribution in [1.29, 1.82) is 0 Å². The highest BCUT2D eigenvalue weighted by molar-refractivity contribution is 9.10. The molecule has 5 nitrogen and oxygen atoms in total. The predicted octanol–water partition coefficient (Wildman–Crippen LogP) is 3.73. The molecule has 2 aromatic heterocycles. The number of anilines is 1. The van der Waals surface area contributed by atoms with Crippen molar-refractivity contribution in [3.05, 3.63) is 46.3 Å². The molecular weight excluding hydrogens is 344 g/mol. The fourth-order valence-corrected chi connectivity index (χ4v) is 2.64. The lowest BCUT2D eigenvalue weighted by Crippen LogP contribution is -2.05. The minimum Gasteiger partial charge on any atom is -0.326 e. The Morgan fingerprint density at radius 3 is 2.77 bits per heavy atom. The fourth-order valence-electron chi connectivity index (χ4n) is 2.36. The second kappa shape index (κ2) is 5.53. The van der Waals surface area contributed by atoms with Gasteiger partial charge in [0, 0.05) is 30.1 Å². The molecular formula is C16H15BrN4O. The quantitative estimate of drug-likeness (QED) is 0.759. The van der Waals surface area contributed by atoms with E-state index in [2.05, 4.69) is 31.2 Å². The minimum absolute atomic E-state index is 0.0933. The molecule has 3 aromatic rings. The normalized spacial score (nSPS) is 10.9. The first kappa shape index (κ1) is 14.7. The Kier molecular flexibility index (Phi) is 3.70. The van der Waals surface area contributed by atoms with Crippen molar-refractivity contribution < 1.29 is 4.79 Å². The van der Waals surface area contributed by atoms with Gasteiger partial charge in [-0.05, 0) is 41.9 Å². The summed E-state index contributed by atoms with van der Waals surface area (Å²) in [6, 6.07) is 7.61. The number of nitrogens with one attached hydrogen (secondary N) is 1. The van der Waals surface area contributed by atoms with Crippen LogP contribution in [-0.4, -0.2) is 20.3 Å². The van der Waals surface area contributed by atoms with E-state index in [0.717, 1.165) is 32.8 Å². The van der Waals surface area contributed by atoms with Crippen LogP contribution < -0.4 is 5.32 Å². The molecule has 2 heterocycles. The maximum absolute atomic E-state index is 11.2. The molecule has 1 aromatic carbocycles. The van der Waals surface area contributed by atoms with Crippen LogP contribution in [0.15, 0.2) is 34.9 Å². The lowest BCUT2D eigenvalue weighted by atomic mass is 10.1. The number of imidazole rings is 1. The zero-order chi connectivity index (χ0) is 15.9. The number of carbonyl (C=O) groups excluding carboxylic acids is 1. The maximum Gasteiger partial charge on any atom is 0.234 e. The molecule has 0 unspecified atom stereocenters. The second-order valence-electron chi connectivity index (χ2n) is 5.15. The topological polar surface area (TPSA) is 59.3 Å². The maximum atomic E-state index is 11.2. The van der Waals surface area contributed by atoms with Crippen LogP contribution in [0.2, 0.25) is 0 Å². The Labute approximate surface area is 136 Å². The van der Waals surface area contributed by atoms with Gasteiger partial charge in [0.25, 0.3) is 0 Å². The summed E-state index contributed by atoms with van der Waals surface area (Å²) in [6.45, 7) is 5.46. The van der Waals surface area contributed by atoms with Crippen LogP contribution in [0.4, 0.5) is 5.69 Å². The highest BCUT2D eigenvalue weighted by atomic mass is 79.9.